The van der Waals surface area contributed by atoms with Gasteiger partial charge in [-0.2, -0.15) is 10.4 Å². The van der Waals surface area contributed by atoms with Crippen molar-refractivity contribution in [2.45, 2.75) is 37.9 Å². The molecule has 140 valence electrons. The number of hydrogen-bond donors (Lipinski definition) is 1. The molecule has 4 heterocycles. The minimum absolute atomic E-state index is 0.304. The van der Waals surface area contributed by atoms with Gasteiger partial charge in [0.1, 0.15) is 17.5 Å². The summed E-state index contributed by atoms with van der Waals surface area (Å²) in [7, 11) is 2.19. The Morgan fingerprint density at radius 2 is 2.18 bits per heavy atom. The molecule has 2 aliphatic heterocycles. The number of nitrogens with two attached hydrogens (primary N) is 1. The van der Waals surface area contributed by atoms with Crippen LogP contribution in [0, 0.1) is 11.3 Å². The van der Waals surface area contributed by atoms with Gasteiger partial charge < -0.3 is 5.73 Å². The molecule has 0 amide bonds. The van der Waals surface area contributed by atoms with Gasteiger partial charge in [0.2, 0.25) is 0 Å². The Morgan fingerprint density at radius 3 is 2.96 bits per heavy atom. The van der Waals surface area contributed by atoms with Gasteiger partial charge in [-0.05, 0) is 43.1 Å². The third kappa shape index (κ3) is 2.59. The normalized spacial score (nSPS) is 20.7. The molecule has 0 radical (unpaired) electrons. The number of nitrogens with zero attached hydrogens (tertiary/aromatic N) is 5. The minimum atomic E-state index is 0.304. The van der Waals surface area contributed by atoms with Crippen molar-refractivity contribution in [3.63, 3.8) is 0 Å². The third-order valence-electron chi connectivity index (χ3n) is 6.18. The van der Waals surface area contributed by atoms with E-state index in [-0.39, 0.29) is 0 Å². The van der Waals surface area contributed by atoms with Crippen molar-refractivity contribution in [2.24, 2.45) is 0 Å². The van der Waals surface area contributed by atoms with Gasteiger partial charge in [-0.25, -0.2) is 4.98 Å². The maximum absolute atomic E-state index is 9.88. The van der Waals surface area contributed by atoms with E-state index in [2.05, 4.69) is 46.3 Å². The molecule has 1 aromatic carbocycles. The molecule has 2 atom stereocenters. The van der Waals surface area contributed by atoms with Crippen LogP contribution in [0.25, 0.3) is 11.1 Å². The summed E-state index contributed by atoms with van der Waals surface area (Å²) in [5.41, 5.74) is 12.1. The number of benzene rings is 1. The van der Waals surface area contributed by atoms with E-state index in [1.165, 1.54) is 5.56 Å². The second-order valence-electron chi connectivity index (χ2n) is 7.74. The number of nitrogen functional groups attached to an aromatic ring is 1. The van der Waals surface area contributed by atoms with Gasteiger partial charge in [-0.15, -0.1) is 0 Å². The molecule has 6 heteroatoms. The fourth-order valence-electron chi connectivity index (χ4n) is 4.83. The fourth-order valence-corrected chi connectivity index (χ4v) is 4.83. The van der Waals surface area contributed by atoms with E-state index in [0.717, 1.165) is 41.6 Å². The molecule has 0 saturated carbocycles. The molecule has 2 N–H and O–H groups in total. The number of anilines is 1. The zero-order valence-electron chi connectivity index (χ0n) is 15.8. The zero-order valence-corrected chi connectivity index (χ0v) is 15.8. The smallest absolute Gasteiger partial charge is 0.142 e. The number of aromatic nitrogens is 3. The van der Waals surface area contributed by atoms with Crippen LogP contribution in [0.4, 0.5) is 5.82 Å². The zero-order chi connectivity index (χ0) is 19.3. The van der Waals surface area contributed by atoms with Gasteiger partial charge in [-0.1, -0.05) is 18.2 Å². The van der Waals surface area contributed by atoms with E-state index in [1.54, 1.807) is 6.20 Å². The van der Waals surface area contributed by atoms with Crippen molar-refractivity contribution < 1.29 is 0 Å². The van der Waals surface area contributed by atoms with E-state index in [9.17, 15) is 5.26 Å². The monoisotopic (exact) mass is 370 g/mol. The first-order valence-corrected chi connectivity index (χ1v) is 9.66. The van der Waals surface area contributed by atoms with Gasteiger partial charge in [-0.3, -0.25) is 9.58 Å². The number of nitriles is 1. The standard InChI is InChI=1S/C22H22N6/c1-27-16-6-7-19(27)21-18(11-16)26-22(24)17(12-23)20(21)15-5-2-4-14(10-15)13-28-9-3-8-25-28/h2-5,8-10,16,19H,6-7,11,13H2,1H3,(H2,24,26). The summed E-state index contributed by atoms with van der Waals surface area (Å²) in [5, 5.41) is 14.2. The first-order chi connectivity index (χ1) is 13.7. The molecule has 1 fully saturated rings. The highest BCUT2D eigenvalue weighted by atomic mass is 15.3. The molecular formula is C22H22N6. The minimum Gasteiger partial charge on any atom is -0.383 e. The van der Waals surface area contributed by atoms with Gasteiger partial charge in [0.05, 0.1) is 6.54 Å². The number of rotatable bonds is 3. The molecule has 0 spiro atoms. The Kier molecular flexibility index (Phi) is 3.92. The van der Waals surface area contributed by atoms with Gasteiger partial charge in [0.15, 0.2) is 0 Å². The molecular weight excluding hydrogens is 348 g/mol. The van der Waals surface area contributed by atoms with Crippen LogP contribution in [-0.4, -0.2) is 32.8 Å². The molecule has 3 aromatic rings. The highest BCUT2D eigenvalue weighted by Gasteiger charge is 2.40. The van der Waals surface area contributed by atoms with Crippen LogP contribution in [0.1, 0.15) is 41.3 Å². The number of fused-ring (bicyclic) bond motifs is 4. The maximum Gasteiger partial charge on any atom is 0.142 e. The molecule has 2 unspecified atom stereocenters. The van der Waals surface area contributed by atoms with Crippen LogP contribution >= 0.6 is 0 Å². The van der Waals surface area contributed by atoms with Crippen LogP contribution in [0.2, 0.25) is 0 Å². The summed E-state index contributed by atoms with van der Waals surface area (Å²) in [5.74, 6) is 0.345. The third-order valence-corrected chi connectivity index (χ3v) is 6.18. The van der Waals surface area contributed by atoms with E-state index < -0.39 is 0 Å². The molecule has 2 aliphatic rings. The van der Waals surface area contributed by atoms with Crippen molar-refractivity contribution in [1.29, 1.82) is 5.26 Å². The topological polar surface area (TPSA) is 83.8 Å². The van der Waals surface area contributed by atoms with Crippen molar-refractivity contribution in [2.75, 3.05) is 12.8 Å². The highest BCUT2D eigenvalue weighted by Crippen LogP contribution is 2.47. The van der Waals surface area contributed by atoms with E-state index in [1.807, 2.05) is 23.0 Å². The van der Waals surface area contributed by atoms with Crippen molar-refractivity contribution in [1.82, 2.24) is 19.7 Å². The number of pyridine rings is 1. The highest BCUT2D eigenvalue weighted by molar-refractivity contribution is 5.80. The van der Waals surface area contributed by atoms with Crippen LogP contribution in [0.3, 0.4) is 0 Å². The molecule has 5 rings (SSSR count). The second kappa shape index (κ2) is 6.47. The second-order valence-corrected chi connectivity index (χ2v) is 7.74. The van der Waals surface area contributed by atoms with E-state index in [4.69, 9.17) is 5.73 Å². The van der Waals surface area contributed by atoms with Gasteiger partial charge in [0.25, 0.3) is 0 Å². The number of hydrogen-bond acceptors (Lipinski definition) is 5. The van der Waals surface area contributed by atoms with Crippen LogP contribution in [0.5, 0.6) is 0 Å². The van der Waals surface area contributed by atoms with Gasteiger partial charge in [0, 0.05) is 47.7 Å². The first kappa shape index (κ1) is 17.0. The van der Waals surface area contributed by atoms with Gasteiger partial charge >= 0.3 is 0 Å². The summed E-state index contributed by atoms with van der Waals surface area (Å²) >= 11 is 0. The van der Waals surface area contributed by atoms with E-state index >= 15 is 0 Å². The fraction of sp³-hybridized carbons (Fsp3) is 0.318. The number of likely N-dealkylation sites (N-methyl/N-ethyl adjacent to an activating group) is 1. The first-order valence-electron chi connectivity index (χ1n) is 9.66. The van der Waals surface area contributed by atoms with E-state index in [0.29, 0.717) is 30.0 Å². The largest absolute Gasteiger partial charge is 0.383 e. The molecule has 1 saturated heterocycles. The summed E-state index contributed by atoms with van der Waals surface area (Å²) < 4.78 is 1.90. The summed E-state index contributed by atoms with van der Waals surface area (Å²) in [6, 6.07) is 13.4. The lowest BCUT2D eigenvalue weighted by atomic mass is 9.86. The van der Waals surface area contributed by atoms with Crippen LogP contribution in [0.15, 0.2) is 42.7 Å². The lowest BCUT2D eigenvalue weighted by molar-refractivity contribution is 0.222. The molecule has 2 bridgehead atoms. The molecule has 28 heavy (non-hydrogen) atoms. The molecule has 0 aliphatic carbocycles. The molecule has 2 aromatic heterocycles. The summed E-state index contributed by atoms with van der Waals surface area (Å²) in [6.07, 6.45) is 6.90. The Morgan fingerprint density at radius 1 is 1.29 bits per heavy atom. The Hall–Kier alpha value is -3.17. The molecule has 6 nitrogen and oxygen atoms in total. The van der Waals surface area contributed by atoms with Crippen molar-refractivity contribution in [3.8, 4) is 17.2 Å². The maximum atomic E-state index is 9.88. The summed E-state index contributed by atoms with van der Waals surface area (Å²) in [6.45, 7) is 0.691. The lowest BCUT2D eigenvalue weighted by Crippen LogP contribution is -2.35. The average molecular weight is 370 g/mol. The SMILES string of the molecule is CN1C2CCC1c1c(nc(N)c(C#N)c1-c1cccc(Cn3cccn3)c1)C2. The predicted molar refractivity (Wildman–Crippen MR) is 107 cm³/mol. The van der Waals surface area contributed by atoms with Crippen LogP contribution in [-0.2, 0) is 13.0 Å². The van der Waals surface area contributed by atoms with Crippen molar-refractivity contribution >= 4 is 5.82 Å². The Labute approximate surface area is 164 Å². The van der Waals surface area contributed by atoms with Crippen molar-refractivity contribution in [3.05, 3.63) is 65.1 Å². The average Bonchev–Trinajstić information content (AvgIpc) is 3.27. The summed E-state index contributed by atoms with van der Waals surface area (Å²) in [4.78, 5) is 7.09. The lowest BCUT2D eigenvalue weighted by Gasteiger charge is -2.34. The Balaban J connectivity index is 1.68. The quantitative estimate of drug-likeness (QED) is 0.766. The predicted octanol–water partition coefficient (Wildman–Crippen LogP) is 3.14. The Bertz CT molecular complexity index is 1080. The van der Waals surface area contributed by atoms with Crippen LogP contribution < -0.4 is 5.73 Å².